The maximum atomic E-state index is 13.7. The van der Waals surface area contributed by atoms with Crippen LogP contribution in [0, 0.1) is 93.9 Å². The molecule has 684 valence electrons. The molecule has 4 aromatic carbocycles. The van der Waals surface area contributed by atoms with Crippen molar-refractivity contribution in [3.63, 3.8) is 0 Å². The molecular weight excluding hydrogens is 1660 g/mol. The lowest BCUT2D eigenvalue weighted by atomic mass is 9.73. The van der Waals surface area contributed by atoms with Crippen LogP contribution in [0.25, 0.3) is 0 Å². The largest absolute Gasteiger partial charge is 0.365 e. The number of piperazine rings is 4. The summed E-state index contributed by atoms with van der Waals surface area (Å²) in [4.78, 5) is 170. The van der Waals surface area contributed by atoms with E-state index in [2.05, 4.69) is 63.0 Å². The molecule has 0 bridgehead atoms. The molecule has 0 radical (unpaired) electrons. The Morgan fingerprint density at radius 2 is 0.524 bits per heavy atom. The van der Waals surface area contributed by atoms with E-state index in [-0.39, 0.29) is 121 Å². The molecule has 10 N–H and O–H groups in total. The lowest BCUT2D eigenvalue weighted by Gasteiger charge is -2.47. The fourth-order valence-electron chi connectivity index (χ4n) is 20.1. The molecule has 0 spiro atoms. The third-order valence-corrected chi connectivity index (χ3v) is 27.2. The van der Waals surface area contributed by atoms with E-state index in [9.17, 15) is 92.7 Å². The number of halogens is 8. The Labute approximate surface area is 725 Å². The van der Waals surface area contributed by atoms with Crippen molar-refractivity contribution in [2.45, 2.75) is 127 Å². The Morgan fingerprint density at radius 1 is 0.317 bits per heavy atom. The maximum absolute atomic E-state index is 13.7. The molecule has 126 heavy (non-hydrogen) atoms. The summed E-state index contributed by atoms with van der Waals surface area (Å²) >= 11 is 0. The van der Waals surface area contributed by atoms with Gasteiger partial charge in [-0.25, -0.2) is 54.3 Å². The second kappa shape index (κ2) is 37.5. The van der Waals surface area contributed by atoms with Gasteiger partial charge in [0.2, 0.25) is 23.6 Å². The predicted octanol–water partition coefficient (Wildman–Crippen LogP) is 3.99. The highest BCUT2D eigenvalue weighted by Crippen LogP contribution is 2.41. The van der Waals surface area contributed by atoms with Crippen LogP contribution in [0.2, 0.25) is 0 Å². The molecule has 16 amide bonds. The fraction of sp³-hybridized carbons (Fsp3) is 0.581. The average Bonchev–Trinajstić information content (AvgIpc) is 1.24. The lowest BCUT2D eigenvalue weighted by Crippen LogP contribution is -2.65. The van der Waals surface area contributed by atoms with Crippen LogP contribution in [0.15, 0.2) is 72.8 Å². The zero-order valence-electron chi connectivity index (χ0n) is 72.2. The molecule has 12 saturated heterocycles. The number of imide groups is 4. The average molecular weight is 1770 g/mol. The van der Waals surface area contributed by atoms with E-state index in [4.69, 9.17) is 0 Å². The third-order valence-electron chi connectivity index (χ3n) is 27.2. The van der Waals surface area contributed by atoms with Crippen LogP contribution in [-0.2, 0) is 38.4 Å². The van der Waals surface area contributed by atoms with Gasteiger partial charge in [0.05, 0.1) is 0 Å². The van der Waals surface area contributed by atoms with Crippen molar-refractivity contribution < 1.29 is 92.7 Å². The first kappa shape index (κ1) is 92.7. The normalized spacial score (nSPS) is 27.6. The van der Waals surface area contributed by atoms with Crippen LogP contribution in [-0.4, -0.2) is 292 Å². The molecule has 0 aromatic heterocycles. The van der Waals surface area contributed by atoms with Gasteiger partial charge in [0.1, 0.15) is 22.2 Å². The van der Waals surface area contributed by atoms with Gasteiger partial charge in [-0.15, -0.1) is 0 Å². The van der Waals surface area contributed by atoms with Crippen molar-refractivity contribution in [1.29, 1.82) is 0 Å². The van der Waals surface area contributed by atoms with E-state index in [0.29, 0.717) is 154 Å². The Morgan fingerprint density at radius 3 is 0.683 bits per heavy atom. The summed E-state index contributed by atoms with van der Waals surface area (Å²) in [6, 6.07) is 12.8. The van der Waals surface area contributed by atoms with Gasteiger partial charge in [-0.05, 0) is 116 Å². The minimum atomic E-state index is -1.07. The minimum Gasteiger partial charge on any atom is -0.365 e. The number of nitrogens with one attached hydrogen (secondary N) is 10. The summed E-state index contributed by atoms with van der Waals surface area (Å²) in [6.07, 6.45) is 0.931. The van der Waals surface area contributed by atoms with Gasteiger partial charge in [0.15, 0.2) is 46.5 Å². The molecule has 12 fully saturated rings. The summed E-state index contributed by atoms with van der Waals surface area (Å²) in [5.74, 6) is -11.0. The lowest BCUT2D eigenvalue weighted by molar-refractivity contribution is -0.140. The quantitative estimate of drug-likeness (QED) is 0.0442. The zero-order chi connectivity index (χ0) is 91.1. The SMILES string of the molecule is C[C@@H](C[C@@]1(C2CN(C)C2)NC(=O)NC1=O)C(=O)N1CCN(c2ccc(F)c(F)c2)[C@@H](C)C1.C[C@@H](C[C@@]1(C2CNC2)NC(=O)NC1=O)C(=O)N1CCN(c2ccc(F)c(F)c2)[C@@H](C)C1.C[C@H](C[C@]1(C2CN(C)C2)NC(=O)NC1=O)C(=O)N1CCN(c2ccc(F)c(F)c2)[C@@H](C)C1.C[C@H](C[C@]1(C2CNC2)NC(=O)NC1=O)C(=O)N1CCN(c2ccc(F)c(F)c2)[C@@H](C)C1. The highest BCUT2D eigenvalue weighted by atomic mass is 19.2. The molecule has 40 heteroatoms. The number of rotatable bonds is 20. The first-order chi connectivity index (χ1) is 59.6. The van der Waals surface area contributed by atoms with Gasteiger partial charge in [-0.3, -0.25) is 59.6 Å². The molecule has 4 aromatic rings. The topological polar surface area (TPSA) is 358 Å². The highest BCUT2D eigenvalue weighted by Gasteiger charge is 2.60. The van der Waals surface area contributed by atoms with Gasteiger partial charge in [0, 0.05) is 249 Å². The van der Waals surface area contributed by atoms with Crippen LogP contribution in [0.1, 0.15) is 81.1 Å². The number of amides is 16. The first-order valence-corrected chi connectivity index (χ1v) is 43.0. The number of hydrogen-bond donors (Lipinski definition) is 10. The Kier molecular flexibility index (Phi) is 27.6. The van der Waals surface area contributed by atoms with Gasteiger partial charge in [-0.1, -0.05) is 27.7 Å². The minimum absolute atomic E-state index is 0.0432. The monoisotopic (exact) mass is 1770 g/mol. The van der Waals surface area contributed by atoms with Gasteiger partial charge < -0.3 is 80.9 Å². The molecule has 0 aliphatic carbocycles. The second-order valence-electron chi connectivity index (χ2n) is 36.2. The van der Waals surface area contributed by atoms with E-state index in [0.717, 1.165) is 24.3 Å². The van der Waals surface area contributed by atoms with Crippen LogP contribution in [0.5, 0.6) is 0 Å². The number of carbonyl (C=O) groups excluding carboxylic acids is 12. The number of hydrogen-bond acceptors (Lipinski definition) is 20. The summed E-state index contributed by atoms with van der Waals surface area (Å²) < 4.78 is 108. The molecule has 32 nitrogen and oxygen atoms in total. The van der Waals surface area contributed by atoms with Gasteiger partial charge in [0.25, 0.3) is 23.6 Å². The first-order valence-electron chi connectivity index (χ1n) is 43.0. The molecule has 12 aliphatic heterocycles. The van der Waals surface area contributed by atoms with Crippen molar-refractivity contribution in [3.05, 3.63) is 119 Å². The molecule has 0 unspecified atom stereocenters. The summed E-state index contributed by atoms with van der Waals surface area (Å²) in [7, 11) is 3.89. The molecule has 16 rings (SSSR count). The number of carbonyl (C=O) groups is 12. The summed E-state index contributed by atoms with van der Waals surface area (Å²) in [5.41, 5.74) is -1.98. The van der Waals surface area contributed by atoms with E-state index in [1.807, 2.05) is 61.4 Å². The van der Waals surface area contributed by atoms with E-state index in [1.54, 1.807) is 47.3 Å². The predicted molar refractivity (Wildman–Crippen MR) is 446 cm³/mol. The number of benzene rings is 4. The number of anilines is 4. The van der Waals surface area contributed by atoms with Crippen molar-refractivity contribution in [3.8, 4) is 0 Å². The smallest absolute Gasteiger partial charge is 0.322 e. The van der Waals surface area contributed by atoms with E-state index in [1.165, 1.54) is 48.5 Å². The molecule has 0 saturated carbocycles. The Balaban J connectivity index is 0.000000144. The number of nitrogens with zero attached hydrogens (tertiary/aromatic N) is 10. The third kappa shape index (κ3) is 19.0. The van der Waals surface area contributed by atoms with Crippen LogP contribution in [0.3, 0.4) is 0 Å². The van der Waals surface area contributed by atoms with Crippen LogP contribution in [0.4, 0.5) is 77.1 Å². The number of likely N-dealkylation sites (tertiary alicyclic amines) is 2. The molecule has 12 heterocycles. The van der Waals surface area contributed by atoms with Crippen LogP contribution < -0.4 is 72.8 Å². The number of urea groups is 4. The standard InChI is InChI=1S/2C22H29F2N5O3.2C21H27F2N5O3/c2*1-13(9-22(15-11-27(3)12-15)20(31)25-21(32)26-22)19(30)28-6-7-29(14(2)10-28)16-4-5-17(23)18(24)8-16;2*1-12(8-21(14-9-24-10-14)19(30)25-20(31)26-21)18(29)27-5-6-28(13(2)11-27)15-3-4-16(22)17(23)7-15/h2*4-5,8,13-15H,6-7,9-12H2,1-3H3,(H2,25,26,31,32);2*3-4,7,12-14,24H,5-6,8-11H2,1-2H3,(H2,25,26,30,31)/t13-,14+,22-;13-,14-,22-;12-,13+,21-;12-,13-,21-/m1010/s1. The van der Waals surface area contributed by atoms with Crippen molar-refractivity contribution in [2.75, 3.05) is 165 Å². The van der Waals surface area contributed by atoms with Crippen molar-refractivity contribution >= 4 is 94.1 Å². The summed E-state index contributed by atoms with van der Waals surface area (Å²) in [5, 5.41) is 26.7. The van der Waals surface area contributed by atoms with Gasteiger partial charge >= 0.3 is 24.1 Å². The Bertz CT molecular complexity index is 4580. The Hall–Kier alpha value is -11.0. The summed E-state index contributed by atoms with van der Waals surface area (Å²) in [6.45, 7) is 25.4. The molecular formula is C86H112F8N20O12. The van der Waals surface area contributed by atoms with E-state index < -0.39 is 116 Å². The second-order valence-corrected chi connectivity index (χ2v) is 36.2. The van der Waals surface area contributed by atoms with Gasteiger partial charge in [-0.2, -0.15) is 0 Å². The van der Waals surface area contributed by atoms with E-state index >= 15 is 0 Å². The molecule has 12 atom stereocenters. The fourth-order valence-corrected chi connectivity index (χ4v) is 20.1. The van der Waals surface area contributed by atoms with Crippen LogP contribution >= 0.6 is 0 Å². The highest BCUT2D eigenvalue weighted by molar-refractivity contribution is 6.10. The zero-order valence-corrected chi connectivity index (χ0v) is 72.2. The maximum Gasteiger partial charge on any atom is 0.322 e. The molecule has 12 aliphatic rings. The van der Waals surface area contributed by atoms with Crippen molar-refractivity contribution in [1.82, 2.24) is 82.6 Å². The van der Waals surface area contributed by atoms with Crippen molar-refractivity contribution in [2.24, 2.45) is 47.3 Å².